The predicted molar refractivity (Wildman–Crippen MR) is 100 cm³/mol. The molecule has 130 valence electrons. The second-order valence-electron chi connectivity index (χ2n) is 6.76. The fourth-order valence-electron chi connectivity index (χ4n) is 3.35. The number of anilines is 2. The lowest BCUT2D eigenvalue weighted by Crippen LogP contribution is -2.22. The Hall–Kier alpha value is -2.63. The Kier molecular flexibility index (Phi) is 4.03. The zero-order chi connectivity index (χ0) is 17.4. The van der Waals surface area contributed by atoms with Crippen LogP contribution in [0.15, 0.2) is 24.5 Å². The zero-order valence-electron chi connectivity index (χ0n) is 15.1. The number of rotatable bonds is 4. The van der Waals surface area contributed by atoms with Gasteiger partial charge in [0.15, 0.2) is 0 Å². The predicted octanol–water partition coefficient (Wildman–Crippen LogP) is 3.26. The molecule has 6 heteroatoms. The van der Waals surface area contributed by atoms with Crippen molar-refractivity contribution < 1.29 is 0 Å². The van der Waals surface area contributed by atoms with E-state index >= 15 is 0 Å². The Morgan fingerprint density at radius 3 is 2.72 bits per heavy atom. The van der Waals surface area contributed by atoms with Crippen LogP contribution in [0, 0.1) is 20.8 Å². The summed E-state index contributed by atoms with van der Waals surface area (Å²) in [6, 6.07) is 4.14. The summed E-state index contributed by atoms with van der Waals surface area (Å²) in [5.74, 6) is 1.76. The molecule has 0 bridgehead atoms. The third-order valence-corrected chi connectivity index (χ3v) is 5.01. The molecule has 4 heterocycles. The monoisotopic (exact) mass is 336 g/mol. The normalized spacial score (nSPS) is 14.4. The summed E-state index contributed by atoms with van der Waals surface area (Å²) in [4.78, 5) is 16.3. The van der Waals surface area contributed by atoms with Crippen LogP contribution >= 0.6 is 0 Å². The van der Waals surface area contributed by atoms with Crippen LogP contribution in [0.1, 0.15) is 35.4 Å². The van der Waals surface area contributed by atoms with Crippen LogP contribution in [-0.4, -0.2) is 32.4 Å². The second-order valence-corrected chi connectivity index (χ2v) is 6.76. The van der Waals surface area contributed by atoms with E-state index in [0.29, 0.717) is 6.54 Å². The lowest BCUT2D eigenvalue weighted by molar-refractivity contribution is 0.878. The molecule has 0 spiro atoms. The molecule has 0 aliphatic carbocycles. The van der Waals surface area contributed by atoms with E-state index in [9.17, 15) is 0 Å². The molecule has 6 nitrogen and oxygen atoms in total. The van der Waals surface area contributed by atoms with E-state index in [0.717, 1.165) is 47.5 Å². The number of fused-ring (bicyclic) bond motifs is 1. The lowest BCUT2D eigenvalue weighted by atomic mass is 10.2. The topological polar surface area (TPSA) is 58.4 Å². The molecule has 0 unspecified atom stereocenters. The van der Waals surface area contributed by atoms with E-state index in [2.05, 4.69) is 63.7 Å². The van der Waals surface area contributed by atoms with E-state index in [4.69, 9.17) is 4.98 Å². The van der Waals surface area contributed by atoms with Crippen LogP contribution in [0.4, 0.5) is 11.8 Å². The van der Waals surface area contributed by atoms with Crippen LogP contribution in [0.25, 0.3) is 5.65 Å². The largest absolute Gasteiger partial charge is 0.364 e. The summed E-state index contributed by atoms with van der Waals surface area (Å²) in [7, 11) is 0. The fraction of sp³-hybridized carbons (Fsp3) is 0.421. The van der Waals surface area contributed by atoms with Gasteiger partial charge in [-0.15, -0.1) is 0 Å². The minimum Gasteiger partial charge on any atom is -0.364 e. The minimum atomic E-state index is 0.682. The maximum absolute atomic E-state index is 4.79. The van der Waals surface area contributed by atoms with E-state index in [1.807, 2.05) is 6.20 Å². The van der Waals surface area contributed by atoms with Gasteiger partial charge in [-0.1, -0.05) is 6.07 Å². The first-order valence-corrected chi connectivity index (χ1v) is 8.89. The van der Waals surface area contributed by atoms with Gasteiger partial charge in [0.05, 0.1) is 18.4 Å². The molecule has 0 radical (unpaired) electrons. The van der Waals surface area contributed by atoms with E-state index in [1.54, 1.807) is 0 Å². The Balaban J connectivity index is 1.60. The molecule has 1 aliphatic heterocycles. The molecule has 3 aromatic rings. The molecule has 3 aromatic heterocycles. The van der Waals surface area contributed by atoms with Crippen molar-refractivity contribution in [3.63, 3.8) is 0 Å². The third-order valence-electron chi connectivity index (χ3n) is 5.01. The average Bonchev–Trinajstić information content (AvgIpc) is 3.26. The summed E-state index contributed by atoms with van der Waals surface area (Å²) >= 11 is 0. The van der Waals surface area contributed by atoms with Crippen LogP contribution in [-0.2, 0) is 6.54 Å². The summed E-state index contributed by atoms with van der Waals surface area (Å²) in [5, 5.41) is 3.49. The highest BCUT2D eigenvalue weighted by molar-refractivity contribution is 5.52. The number of pyridine rings is 1. The van der Waals surface area contributed by atoms with Crippen LogP contribution < -0.4 is 10.2 Å². The Morgan fingerprint density at radius 2 is 1.92 bits per heavy atom. The van der Waals surface area contributed by atoms with Gasteiger partial charge in [-0.2, -0.15) is 4.98 Å². The van der Waals surface area contributed by atoms with Crippen molar-refractivity contribution in [2.24, 2.45) is 0 Å². The highest BCUT2D eigenvalue weighted by atomic mass is 15.3. The Labute approximate surface area is 147 Å². The maximum atomic E-state index is 4.79. The Morgan fingerprint density at radius 1 is 1.12 bits per heavy atom. The van der Waals surface area contributed by atoms with Crippen LogP contribution in [0.3, 0.4) is 0 Å². The number of hydrogen-bond donors (Lipinski definition) is 1. The highest BCUT2D eigenvalue weighted by Gasteiger charge is 2.17. The quantitative estimate of drug-likeness (QED) is 0.792. The number of nitrogens with zero attached hydrogens (tertiary/aromatic N) is 5. The lowest BCUT2D eigenvalue weighted by Gasteiger charge is -2.18. The maximum Gasteiger partial charge on any atom is 0.227 e. The molecule has 25 heavy (non-hydrogen) atoms. The molecule has 4 rings (SSSR count). The molecule has 0 aromatic carbocycles. The van der Waals surface area contributed by atoms with E-state index < -0.39 is 0 Å². The number of aryl methyl sites for hydroxylation is 2. The van der Waals surface area contributed by atoms with Crippen molar-refractivity contribution in [3.05, 3.63) is 47.0 Å². The number of imidazole rings is 1. The molecule has 1 fully saturated rings. The number of aromatic nitrogens is 4. The van der Waals surface area contributed by atoms with Crippen LogP contribution in [0.5, 0.6) is 0 Å². The highest BCUT2D eigenvalue weighted by Crippen LogP contribution is 2.23. The first-order valence-electron chi connectivity index (χ1n) is 8.89. The van der Waals surface area contributed by atoms with Gasteiger partial charge in [-0.3, -0.25) is 0 Å². The molecular formula is C19H24N6. The molecule has 1 aliphatic rings. The zero-order valence-corrected chi connectivity index (χ0v) is 15.1. The third kappa shape index (κ3) is 2.92. The van der Waals surface area contributed by atoms with E-state index in [1.165, 1.54) is 18.4 Å². The van der Waals surface area contributed by atoms with Gasteiger partial charge in [0.2, 0.25) is 5.95 Å². The fourth-order valence-corrected chi connectivity index (χ4v) is 3.35. The first-order chi connectivity index (χ1) is 12.1. The molecule has 0 atom stereocenters. The smallest absolute Gasteiger partial charge is 0.227 e. The summed E-state index contributed by atoms with van der Waals surface area (Å²) in [5.41, 5.74) is 5.45. The molecule has 0 saturated carbocycles. The summed E-state index contributed by atoms with van der Waals surface area (Å²) in [6.45, 7) is 8.99. The van der Waals surface area contributed by atoms with Crippen molar-refractivity contribution in [1.82, 2.24) is 19.4 Å². The van der Waals surface area contributed by atoms with Gasteiger partial charge in [0.25, 0.3) is 0 Å². The SMILES string of the molecule is Cc1nc(N2CCCC2)nc(NCc2cnc3c(C)cccn23)c1C. The van der Waals surface area contributed by atoms with Crippen molar-refractivity contribution in [1.29, 1.82) is 0 Å². The summed E-state index contributed by atoms with van der Waals surface area (Å²) < 4.78 is 2.13. The minimum absolute atomic E-state index is 0.682. The van der Waals surface area contributed by atoms with Crippen molar-refractivity contribution in [2.75, 3.05) is 23.3 Å². The molecule has 0 amide bonds. The van der Waals surface area contributed by atoms with Crippen molar-refractivity contribution >= 4 is 17.4 Å². The molecular weight excluding hydrogens is 312 g/mol. The molecule has 1 saturated heterocycles. The second kappa shape index (κ2) is 6.35. The van der Waals surface area contributed by atoms with Crippen LogP contribution in [0.2, 0.25) is 0 Å². The Bertz CT molecular complexity index is 908. The van der Waals surface area contributed by atoms with Gasteiger partial charge in [-0.05, 0) is 45.2 Å². The van der Waals surface area contributed by atoms with Crippen molar-refractivity contribution in [2.45, 2.75) is 40.2 Å². The standard InChI is InChI=1S/C19H24N6/c1-13-7-6-10-25-16(12-21-18(13)25)11-20-17-14(2)15(3)22-19(23-17)24-8-4-5-9-24/h6-7,10,12H,4-5,8-9,11H2,1-3H3,(H,20,22,23). The van der Waals surface area contributed by atoms with Gasteiger partial charge in [0, 0.05) is 30.5 Å². The van der Waals surface area contributed by atoms with Gasteiger partial charge in [0.1, 0.15) is 11.5 Å². The number of nitrogens with one attached hydrogen (secondary N) is 1. The average molecular weight is 336 g/mol. The molecule has 1 N–H and O–H groups in total. The van der Waals surface area contributed by atoms with Gasteiger partial charge in [-0.25, -0.2) is 9.97 Å². The van der Waals surface area contributed by atoms with E-state index in [-0.39, 0.29) is 0 Å². The van der Waals surface area contributed by atoms with Gasteiger partial charge >= 0.3 is 0 Å². The number of hydrogen-bond acceptors (Lipinski definition) is 5. The summed E-state index contributed by atoms with van der Waals surface area (Å²) in [6.07, 6.45) is 6.43. The first kappa shape index (κ1) is 15.9. The van der Waals surface area contributed by atoms with Crippen molar-refractivity contribution in [3.8, 4) is 0 Å². The van der Waals surface area contributed by atoms with Gasteiger partial charge < -0.3 is 14.6 Å².